The van der Waals surface area contributed by atoms with Gasteiger partial charge in [0.25, 0.3) is 0 Å². The largest absolute Gasteiger partial charge is 0.321 e. The van der Waals surface area contributed by atoms with Crippen LogP contribution in [-0.4, -0.2) is 21.3 Å². The van der Waals surface area contributed by atoms with E-state index >= 15 is 0 Å². The Morgan fingerprint density at radius 3 is 2.89 bits per heavy atom. The van der Waals surface area contributed by atoms with E-state index in [1.165, 1.54) is 6.07 Å². The second-order valence-corrected chi connectivity index (χ2v) is 4.37. The minimum atomic E-state index is -0.155. The highest BCUT2D eigenvalue weighted by Crippen LogP contribution is 2.08. The minimum absolute atomic E-state index is 0.155. The Kier molecular flexibility index (Phi) is 4.04. The van der Waals surface area contributed by atoms with E-state index in [9.17, 15) is 4.39 Å². The Bertz CT molecular complexity index is 521. The minimum Gasteiger partial charge on any atom is -0.321 e. The average Bonchev–Trinajstić information content (AvgIpc) is 2.75. The quantitative estimate of drug-likeness (QED) is 0.817. The van der Waals surface area contributed by atoms with Crippen molar-refractivity contribution in [1.29, 1.82) is 0 Å². The lowest BCUT2D eigenvalue weighted by molar-refractivity contribution is 0.614. The summed E-state index contributed by atoms with van der Waals surface area (Å²) in [6, 6.07) is 5.18. The molecule has 0 aliphatic carbocycles. The zero-order valence-corrected chi connectivity index (χ0v) is 10.7. The molecule has 0 atom stereocenters. The molecule has 2 aromatic rings. The highest BCUT2D eigenvalue weighted by molar-refractivity contribution is 5.23. The fourth-order valence-corrected chi connectivity index (χ4v) is 1.78. The van der Waals surface area contributed by atoms with Gasteiger partial charge in [0.15, 0.2) is 0 Å². The zero-order valence-electron chi connectivity index (χ0n) is 10.7. The molecule has 0 unspecified atom stereocenters. The van der Waals surface area contributed by atoms with E-state index in [2.05, 4.69) is 15.5 Å². The van der Waals surface area contributed by atoms with Crippen LogP contribution in [0.4, 0.5) is 4.39 Å². The van der Waals surface area contributed by atoms with Gasteiger partial charge in [-0.05, 0) is 24.1 Å². The third-order valence-electron chi connectivity index (χ3n) is 2.88. The molecule has 0 fully saturated rings. The fourth-order valence-electron chi connectivity index (χ4n) is 1.78. The van der Waals surface area contributed by atoms with Gasteiger partial charge in [-0.1, -0.05) is 12.1 Å². The summed E-state index contributed by atoms with van der Waals surface area (Å²) >= 11 is 0. The molecule has 1 aromatic heterocycles. The van der Waals surface area contributed by atoms with Gasteiger partial charge in [0.1, 0.15) is 18.0 Å². The van der Waals surface area contributed by atoms with Crippen molar-refractivity contribution in [3.8, 4) is 0 Å². The van der Waals surface area contributed by atoms with E-state index in [0.29, 0.717) is 5.56 Å². The number of benzene rings is 1. The molecule has 0 aliphatic rings. The van der Waals surface area contributed by atoms with Gasteiger partial charge in [0, 0.05) is 26.6 Å². The van der Waals surface area contributed by atoms with Crippen molar-refractivity contribution < 1.29 is 4.39 Å². The van der Waals surface area contributed by atoms with Crippen LogP contribution in [0.5, 0.6) is 0 Å². The molecule has 96 valence electrons. The summed E-state index contributed by atoms with van der Waals surface area (Å²) in [4.78, 5) is 0. The van der Waals surface area contributed by atoms with E-state index in [1.807, 2.05) is 17.7 Å². The van der Waals surface area contributed by atoms with Gasteiger partial charge in [-0.2, -0.15) is 0 Å². The van der Waals surface area contributed by atoms with Gasteiger partial charge in [-0.25, -0.2) is 4.39 Å². The Balaban J connectivity index is 1.78. The molecule has 0 radical (unpaired) electrons. The number of nitrogens with one attached hydrogen (secondary N) is 1. The maximum Gasteiger partial charge on any atom is 0.133 e. The van der Waals surface area contributed by atoms with E-state index in [1.54, 1.807) is 19.3 Å². The Morgan fingerprint density at radius 1 is 1.39 bits per heavy atom. The van der Waals surface area contributed by atoms with Crippen molar-refractivity contribution >= 4 is 0 Å². The van der Waals surface area contributed by atoms with Gasteiger partial charge in [0.05, 0.1) is 0 Å². The first-order chi connectivity index (χ1) is 8.66. The molecule has 2 rings (SSSR count). The lowest BCUT2D eigenvalue weighted by atomic mass is 10.1. The van der Waals surface area contributed by atoms with Crippen molar-refractivity contribution in [3.63, 3.8) is 0 Å². The molecule has 5 heteroatoms. The number of hydrogen-bond donors (Lipinski definition) is 1. The van der Waals surface area contributed by atoms with Crippen molar-refractivity contribution in [2.24, 2.45) is 7.05 Å². The molecular weight excluding hydrogens is 231 g/mol. The predicted octanol–water partition coefficient (Wildman–Crippen LogP) is 1.59. The predicted molar refractivity (Wildman–Crippen MR) is 67.6 cm³/mol. The molecule has 0 spiro atoms. The van der Waals surface area contributed by atoms with E-state index < -0.39 is 0 Å². The normalized spacial score (nSPS) is 10.8. The number of aryl methyl sites for hydroxylation is 2. The van der Waals surface area contributed by atoms with Crippen LogP contribution >= 0.6 is 0 Å². The summed E-state index contributed by atoms with van der Waals surface area (Å²) in [7, 11) is 1.93. The summed E-state index contributed by atoms with van der Waals surface area (Å²) in [5.74, 6) is 0.802. The lowest BCUT2D eigenvalue weighted by Crippen LogP contribution is -2.18. The van der Waals surface area contributed by atoms with Crippen LogP contribution < -0.4 is 5.32 Å². The Labute approximate surface area is 106 Å². The van der Waals surface area contributed by atoms with Crippen LogP contribution in [-0.2, 0) is 20.0 Å². The lowest BCUT2D eigenvalue weighted by Gasteiger charge is -2.06. The number of nitrogens with zero attached hydrogens (tertiary/aromatic N) is 3. The molecule has 0 bridgehead atoms. The van der Waals surface area contributed by atoms with Crippen LogP contribution in [0.15, 0.2) is 24.5 Å². The first-order valence-electron chi connectivity index (χ1n) is 5.95. The number of aromatic nitrogens is 3. The molecule has 18 heavy (non-hydrogen) atoms. The maximum absolute atomic E-state index is 13.1. The van der Waals surface area contributed by atoms with Crippen molar-refractivity contribution in [2.75, 3.05) is 6.54 Å². The third-order valence-corrected chi connectivity index (χ3v) is 2.88. The SMILES string of the molecule is Cc1cc(CNCCc2nncn2C)ccc1F. The first kappa shape index (κ1) is 12.7. The summed E-state index contributed by atoms with van der Waals surface area (Å²) < 4.78 is 15.0. The molecular formula is C13H17FN4. The average molecular weight is 248 g/mol. The van der Waals surface area contributed by atoms with Crippen LogP contribution in [0.1, 0.15) is 17.0 Å². The van der Waals surface area contributed by atoms with E-state index in [0.717, 1.165) is 30.9 Å². The topological polar surface area (TPSA) is 42.7 Å². The summed E-state index contributed by atoms with van der Waals surface area (Å²) in [5, 5.41) is 11.1. The van der Waals surface area contributed by atoms with Crippen LogP contribution in [0.25, 0.3) is 0 Å². The molecule has 0 saturated carbocycles. The Morgan fingerprint density at radius 2 is 2.22 bits per heavy atom. The van der Waals surface area contributed by atoms with Crippen LogP contribution in [0.3, 0.4) is 0 Å². The fraction of sp³-hybridized carbons (Fsp3) is 0.385. The molecule has 0 amide bonds. The molecule has 0 aliphatic heterocycles. The number of halogens is 1. The first-order valence-corrected chi connectivity index (χ1v) is 5.95. The second kappa shape index (κ2) is 5.73. The monoisotopic (exact) mass is 248 g/mol. The summed E-state index contributed by atoms with van der Waals surface area (Å²) in [5.41, 5.74) is 1.77. The molecule has 4 nitrogen and oxygen atoms in total. The summed E-state index contributed by atoms with van der Waals surface area (Å²) in [6.45, 7) is 3.33. The smallest absolute Gasteiger partial charge is 0.133 e. The highest BCUT2D eigenvalue weighted by atomic mass is 19.1. The molecule has 1 heterocycles. The van der Waals surface area contributed by atoms with Crippen LogP contribution in [0, 0.1) is 12.7 Å². The third kappa shape index (κ3) is 3.13. The number of rotatable bonds is 5. The number of hydrogen-bond acceptors (Lipinski definition) is 3. The van der Waals surface area contributed by atoms with Crippen molar-refractivity contribution in [1.82, 2.24) is 20.1 Å². The van der Waals surface area contributed by atoms with Crippen molar-refractivity contribution in [3.05, 3.63) is 47.3 Å². The molecule has 1 aromatic carbocycles. The Hall–Kier alpha value is -1.75. The standard InChI is InChI=1S/C13H17FN4/c1-10-7-11(3-4-12(10)14)8-15-6-5-13-17-16-9-18(13)2/h3-4,7,9,15H,5-6,8H2,1-2H3. The van der Waals surface area contributed by atoms with E-state index in [4.69, 9.17) is 0 Å². The summed E-state index contributed by atoms with van der Waals surface area (Å²) in [6.07, 6.45) is 2.52. The maximum atomic E-state index is 13.1. The van der Waals surface area contributed by atoms with E-state index in [-0.39, 0.29) is 5.82 Å². The second-order valence-electron chi connectivity index (χ2n) is 4.37. The zero-order chi connectivity index (χ0) is 13.0. The highest BCUT2D eigenvalue weighted by Gasteiger charge is 2.01. The van der Waals surface area contributed by atoms with Gasteiger partial charge in [-0.15, -0.1) is 10.2 Å². The van der Waals surface area contributed by atoms with Crippen molar-refractivity contribution in [2.45, 2.75) is 19.9 Å². The molecule has 0 saturated heterocycles. The van der Waals surface area contributed by atoms with Gasteiger partial charge in [0.2, 0.25) is 0 Å². The molecule has 1 N–H and O–H groups in total. The van der Waals surface area contributed by atoms with Gasteiger partial charge in [-0.3, -0.25) is 0 Å². The van der Waals surface area contributed by atoms with Gasteiger partial charge < -0.3 is 9.88 Å². The van der Waals surface area contributed by atoms with Crippen LogP contribution in [0.2, 0.25) is 0 Å². The van der Waals surface area contributed by atoms with Gasteiger partial charge >= 0.3 is 0 Å².